The van der Waals surface area contributed by atoms with Gasteiger partial charge in [-0.2, -0.15) is 0 Å². The number of anilines is 2. The molecule has 142 valence electrons. The summed E-state index contributed by atoms with van der Waals surface area (Å²) in [6.45, 7) is 5.43. The van der Waals surface area contributed by atoms with Crippen molar-refractivity contribution in [3.8, 4) is 0 Å². The highest BCUT2D eigenvalue weighted by molar-refractivity contribution is 7.16. The van der Waals surface area contributed by atoms with Gasteiger partial charge in [0, 0.05) is 29.9 Å². The van der Waals surface area contributed by atoms with Crippen LogP contribution < -0.4 is 15.1 Å². The summed E-state index contributed by atoms with van der Waals surface area (Å²) < 4.78 is 0. The monoisotopic (exact) mass is 403 g/mol. The van der Waals surface area contributed by atoms with Gasteiger partial charge in [-0.1, -0.05) is 6.08 Å². The van der Waals surface area contributed by atoms with Gasteiger partial charge in [0.25, 0.3) is 0 Å². The largest absolute Gasteiger partial charge is 0.336 e. The number of carbonyl (C=O) groups is 2. The normalized spacial score (nSPS) is 16.1. The minimum atomic E-state index is -0.135. The summed E-state index contributed by atoms with van der Waals surface area (Å²) in [6, 6.07) is -0.135. The van der Waals surface area contributed by atoms with Crippen molar-refractivity contribution in [2.75, 3.05) is 29.4 Å². The summed E-state index contributed by atoms with van der Waals surface area (Å²) >= 11 is 3.00. The van der Waals surface area contributed by atoms with Crippen molar-refractivity contribution in [2.24, 2.45) is 0 Å². The number of hydrogen-bond acceptors (Lipinski definition) is 6. The Kier molecular flexibility index (Phi) is 5.22. The number of fused-ring (bicyclic) bond motifs is 1. The van der Waals surface area contributed by atoms with Gasteiger partial charge < -0.3 is 5.32 Å². The van der Waals surface area contributed by atoms with Crippen LogP contribution in [0, 0.1) is 0 Å². The van der Waals surface area contributed by atoms with Gasteiger partial charge in [0.2, 0.25) is 5.91 Å². The van der Waals surface area contributed by atoms with Gasteiger partial charge in [-0.25, -0.2) is 14.8 Å². The molecule has 0 unspecified atom stereocenters. The maximum atomic E-state index is 12.9. The Hall–Kier alpha value is -2.26. The molecule has 27 heavy (non-hydrogen) atoms. The first-order chi connectivity index (χ1) is 13.2. The lowest BCUT2D eigenvalue weighted by atomic mass is 10.0. The second kappa shape index (κ2) is 7.77. The molecule has 2 aromatic rings. The first-order valence-corrected chi connectivity index (χ1v) is 10.7. The smallest absolute Gasteiger partial charge is 0.323 e. The Labute approximate surface area is 165 Å². The molecule has 0 aromatic carbocycles. The van der Waals surface area contributed by atoms with Gasteiger partial charge in [0.1, 0.15) is 0 Å². The van der Waals surface area contributed by atoms with Crippen LogP contribution in [0.2, 0.25) is 0 Å². The predicted molar refractivity (Wildman–Crippen MR) is 108 cm³/mol. The molecule has 1 fully saturated rings. The molecular weight excluding hydrogens is 382 g/mol. The Morgan fingerprint density at radius 1 is 1.37 bits per heavy atom. The first-order valence-electron chi connectivity index (χ1n) is 9.05. The maximum absolute atomic E-state index is 12.9. The van der Waals surface area contributed by atoms with Crippen LogP contribution >= 0.6 is 22.7 Å². The van der Waals surface area contributed by atoms with Crippen molar-refractivity contribution in [1.82, 2.24) is 15.3 Å². The molecule has 4 rings (SSSR count). The molecule has 1 N–H and O–H groups in total. The number of thiazole rings is 2. The van der Waals surface area contributed by atoms with Crippen molar-refractivity contribution in [2.45, 2.75) is 32.1 Å². The van der Waals surface area contributed by atoms with Gasteiger partial charge in [-0.15, -0.1) is 29.3 Å². The number of urea groups is 1. The lowest BCUT2D eigenvalue weighted by Crippen LogP contribution is -2.32. The average Bonchev–Trinajstić information content (AvgIpc) is 3.38. The van der Waals surface area contributed by atoms with Crippen molar-refractivity contribution < 1.29 is 9.59 Å². The number of carbonyl (C=O) groups excluding carboxylic acids is 2. The number of rotatable bonds is 6. The third-order valence-corrected chi connectivity index (χ3v) is 6.73. The molecule has 0 saturated carbocycles. The van der Waals surface area contributed by atoms with E-state index in [1.807, 2.05) is 5.38 Å². The zero-order chi connectivity index (χ0) is 18.8. The average molecular weight is 404 g/mol. The molecule has 2 aliphatic rings. The molecule has 1 aliphatic carbocycles. The Balaban J connectivity index is 1.49. The summed E-state index contributed by atoms with van der Waals surface area (Å²) in [5, 5.41) is 5.99. The fourth-order valence-corrected chi connectivity index (χ4v) is 5.30. The lowest BCUT2D eigenvalue weighted by Gasteiger charge is -2.17. The second-order valence-corrected chi connectivity index (χ2v) is 8.45. The minimum absolute atomic E-state index is 0.0521. The quantitative estimate of drug-likeness (QED) is 0.753. The summed E-state index contributed by atoms with van der Waals surface area (Å²) in [7, 11) is 0. The zero-order valence-corrected chi connectivity index (χ0v) is 16.6. The SMILES string of the molecule is C=CCN(C(=O)Cc1csc(N2CCNC2=O)n1)c1nc2c(s1)CCCC2. The molecule has 0 atom stereocenters. The molecule has 0 bridgehead atoms. The summed E-state index contributed by atoms with van der Waals surface area (Å²) in [5.41, 5.74) is 1.81. The van der Waals surface area contributed by atoms with E-state index in [1.165, 1.54) is 22.6 Å². The van der Waals surface area contributed by atoms with Gasteiger partial charge >= 0.3 is 6.03 Å². The third kappa shape index (κ3) is 3.74. The Morgan fingerprint density at radius 2 is 2.22 bits per heavy atom. The van der Waals surface area contributed by atoms with Crippen LogP contribution in [0.3, 0.4) is 0 Å². The van der Waals surface area contributed by atoms with Crippen molar-refractivity contribution in [3.05, 3.63) is 34.3 Å². The van der Waals surface area contributed by atoms with Crippen LogP contribution in [-0.4, -0.2) is 41.5 Å². The highest BCUT2D eigenvalue weighted by Crippen LogP contribution is 2.32. The Bertz CT molecular complexity index is 851. The minimum Gasteiger partial charge on any atom is -0.336 e. The Morgan fingerprint density at radius 3 is 2.96 bits per heavy atom. The van der Waals surface area contributed by atoms with E-state index >= 15 is 0 Å². The van der Waals surface area contributed by atoms with Crippen LogP contribution in [0.15, 0.2) is 18.0 Å². The van der Waals surface area contributed by atoms with Crippen molar-refractivity contribution >= 4 is 44.9 Å². The van der Waals surface area contributed by atoms with Crippen LogP contribution in [-0.2, 0) is 24.1 Å². The summed E-state index contributed by atoms with van der Waals surface area (Å²) in [6.07, 6.45) is 6.31. The lowest BCUT2D eigenvalue weighted by molar-refractivity contribution is -0.117. The first kappa shape index (κ1) is 18.1. The zero-order valence-electron chi connectivity index (χ0n) is 14.9. The number of aromatic nitrogens is 2. The van der Waals surface area contributed by atoms with E-state index in [9.17, 15) is 9.59 Å². The molecular formula is C18H21N5O2S2. The van der Waals surface area contributed by atoms with E-state index in [-0.39, 0.29) is 18.4 Å². The van der Waals surface area contributed by atoms with Gasteiger partial charge in [-0.05, 0) is 25.7 Å². The van der Waals surface area contributed by atoms with Crippen LogP contribution in [0.5, 0.6) is 0 Å². The molecule has 2 aromatic heterocycles. The number of nitrogens with zero attached hydrogens (tertiary/aromatic N) is 4. The topological polar surface area (TPSA) is 78.4 Å². The molecule has 3 heterocycles. The van der Waals surface area contributed by atoms with Crippen LogP contribution in [0.1, 0.15) is 29.1 Å². The number of hydrogen-bond donors (Lipinski definition) is 1. The summed E-state index contributed by atoms with van der Waals surface area (Å²) in [5.74, 6) is -0.0521. The molecule has 1 saturated heterocycles. The van der Waals surface area contributed by atoms with Crippen molar-refractivity contribution in [3.63, 3.8) is 0 Å². The van der Waals surface area contributed by atoms with Gasteiger partial charge in [0.15, 0.2) is 10.3 Å². The number of amides is 3. The fourth-order valence-electron chi connectivity index (χ4n) is 3.28. The van der Waals surface area contributed by atoms with Gasteiger partial charge in [0.05, 0.1) is 17.8 Å². The van der Waals surface area contributed by atoms with Crippen LogP contribution in [0.4, 0.5) is 15.1 Å². The van der Waals surface area contributed by atoms with E-state index < -0.39 is 0 Å². The molecule has 9 heteroatoms. The fraction of sp³-hybridized carbons (Fsp3) is 0.444. The highest BCUT2D eigenvalue weighted by atomic mass is 32.1. The van der Waals surface area contributed by atoms with E-state index in [0.29, 0.717) is 30.5 Å². The van der Waals surface area contributed by atoms with E-state index in [0.717, 1.165) is 30.1 Å². The molecule has 7 nitrogen and oxygen atoms in total. The van der Waals surface area contributed by atoms with Crippen molar-refractivity contribution in [1.29, 1.82) is 0 Å². The van der Waals surface area contributed by atoms with E-state index in [4.69, 9.17) is 4.98 Å². The highest BCUT2D eigenvalue weighted by Gasteiger charge is 2.26. The number of nitrogens with one attached hydrogen (secondary N) is 1. The number of aryl methyl sites for hydroxylation is 2. The second-order valence-electron chi connectivity index (χ2n) is 6.55. The van der Waals surface area contributed by atoms with E-state index in [1.54, 1.807) is 27.2 Å². The molecule has 0 radical (unpaired) electrons. The molecule has 0 spiro atoms. The third-order valence-electron chi connectivity index (χ3n) is 4.64. The molecule has 3 amide bonds. The van der Waals surface area contributed by atoms with Crippen LogP contribution in [0.25, 0.3) is 0 Å². The summed E-state index contributed by atoms with van der Waals surface area (Å²) in [4.78, 5) is 38.5. The van der Waals surface area contributed by atoms with E-state index in [2.05, 4.69) is 16.9 Å². The predicted octanol–water partition coefficient (Wildman–Crippen LogP) is 2.77. The maximum Gasteiger partial charge on any atom is 0.323 e. The standard InChI is InChI=1S/C18H21N5O2S2/c1-2-8-22(18-21-13-5-3-4-6-14(13)27-18)15(24)10-12-11-26-17(20-12)23-9-7-19-16(23)25/h2,11H,1,3-10H2,(H,19,25). The van der Waals surface area contributed by atoms with Gasteiger partial charge in [-0.3, -0.25) is 14.6 Å². The molecule has 1 aliphatic heterocycles.